The molecule has 0 saturated heterocycles. The minimum Gasteiger partial charge on any atom is -0.383 e. The molecule has 4 heteroatoms. The number of hydrogen-bond donors (Lipinski definition) is 2. The Hall–Kier alpha value is -1.32. The normalized spacial score (nSPS) is 37.1. The molecule has 2 fully saturated rings. The van der Waals surface area contributed by atoms with Crippen LogP contribution < -0.4 is 11.5 Å². The Morgan fingerprint density at radius 2 is 2.00 bits per heavy atom. The molecule has 3 unspecified atom stereocenters. The second-order valence-corrected chi connectivity index (χ2v) is 6.92. The van der Waals surface area contributed by atoms with Gasteiger partial charge in [0, 0.05) is 11.8 Å². The first-order valence-electron chi connectivity index (χ1n) is 6.72. The van der Waals surface area contributed by atoms with Crippen molar-refractivity contribution in [3.8, 4) is 0 Å². The van der Waals surface area contributed by atoms with Gasteiger partial charge in [0.2, 0.25) is 5.95 Å². The fourth-order valence-electron chi connectivity index (χ4n) is 4.72. The number of aromatic nitrogens is 2. The standard InChI is InChI=1S/C14H22N4/c1-13(2)8-4-5-14(3,6-8)10(13)9-7-17-12(16)18-11(9)15/h7-8,10H,4-6H2,1-3H3,(H4,15,16,17,18). The Labute approximate surface area is 108 Å². The number of rotatable bonds is 1. The van der Waals surface area contributed by atoms with E-state index in [0.717, 1.165) is 11.5 Å². The molecule has 2 saturated carbocycles. The number of nitrogen functional groups attached to an aromatic ring is 2. The molecule has 0 spiro atoms. The Bertz CT molecular complexity index is 492. The van der Waals surface area contributed by atoms with E-state index in [2.05, 4.69) is 30.7 Å². The summed E-state index contributed by atoms with van der Waals surface area (Å²) in [5.41, 5.74) is 13.4. The summed E-state index contributed by atoms with van der Waals surface area (Å²) in [5.74, 6) is 2.07. The molecule has 3 rings (SSSR count). The summed E-state index contributed by atoms with van der Waals surface area (Å²) in [5, 5.41) is 0. The number of anilines is 2. The summed E-state index contributed by atoms with van der Waals surface area (Å²) in [7, 11) is 0. The molecule has 0 aromatic carbocycles. The third kappa shape index (κ3) is 1.38. The van der Waals surface area contributed by atoms with Crippen molar-refractivity contribution in [3.05, 3.63) is 11.8 Å². The van der Waals surface area contributed by atoms with Gasteiger partial charge in [0.05, 0.1) is 0 Å². The molecule has 98 valence electrons. The molecule has 1 heterocycles. The van der Waals surface area contributed by atoms with E-state index in [9.17, 15) is 0 Å². The molecule has 0 radical (unpaired) electrons. The predicted octanol–water partition coefficient (Wildman–Crippen LogP) is 2.57. The third-order valence-electron chi connectivity index (χ3n) is 5.45. The number of hydrogen-bond acceptors (Lipinski definition) is 4. The summed E-state index contributed by atoms with van der Waals surface area (Å²) in [6.07, 6.45) is 5.77. The van der Waals surface area contributed by atoms with Gasteiger partial charge in [0.15, 0.2) is 0 Å². The van der Waals surface area contributed by atoms with Crippen LogP contribution in [0.1, 0.15) is 51.5 Å². The van der Waals surface area contributed by atoms with E-state index < -0.39 is 0 Å². The van der Waals surface area contributed by atoms with E-state index in [1.807, 2.05) is 6.20 Å². The maximum absolute atomic E-state index is 6.08. The quantitative estimate of drug-likeness (QED) is 0.798. The second-order valence-electron chi connectivity index (χ2n) is 6.92. The van der Waals surface area contributed by atoms with Crippen molar-refractivity contribution in [2.75, 3.05) is 11.5 Å². The van der Waals surface area contributed by atoms with Gasteiger partial charge >= 0.3 is 0 Å². The molecule has 2 bridgehead atoms. The number of nitrogens with two attached hydrogens (primary N) is 2. The average Bonchev–Trinajstić information content (AvgIpc) is 2.72. The van der Waals surface area contributed by atoms with E-state index in [4.69, 9.17) is 11.5 Å². The summed E-state index contributed by atoms with van der Waals surface area (Å²) in [4.78, 5) is 8.29. The third-order valence-corrected chi connectivity index (χ3v) is 5.45. The van der Waals surface area contributed by atoms with Gasteiger partial charge in [-0.1, -0.05) is 20.8 Å². The van der Waals surface area contributed by atoms with Crippen LogP contribution in [0.3, 0.4) is 0 Å². The first-order chi connectivity index (χ1) is 8.34. The topological polar surface area (TPSA) is 77.8 Å². The van der Waals surface area contributed by atoms with Crippen LogP contribution in [-0.4, -0.2) is 9.97 Å². The van der Waals surface area contributed by atoms with Crippen LogP contribution in [0.15, 0.2) is 6.20 Å². The summed E-state index contributed by atoms with van der Waals surface area (Å²) in [6.45, 7) is 7.12. The van der Waals surface area contributed by atoms with Crippen LogP contribution >= 0.6 is 0 Å². The highest BCUT2D eigenvalue weighted by atomic mass is 15.0. The highest BCUT2D eigenvalue weighted by Crippen LogP contribution is 2.69. The summed E-state index contributed by atoms with van der Waals surface area (Å²) >= 11 is 0. The largest absolute Gasteiger partial charge is 0.383 e. The molecule has 0 amide bonds. The molecule has 0 aliphatic heterocycles. The lowest BCUT2D eigenvalue weighted by Gasteiger charge is -2.43. The highest BCUT2D eigenvalue weighted by molar-refractivity contribution is 5.46. The monoisotopic (exact) mass is 246 g/mol. The molecule has 1 aromatic heterocycles. The van der Waals surface area contributed by atoms with Gasteiger partial charge in [0.25, 0.3) is 0 Å². The van der Waals surface area contributed by atoms with Crippen molar-refractivity contribution in [1.82, 2.24) is 9.97 Å². The van der Waals surface area contributed by atoms with Crippen LogP contribution in [0.4, 0.5) is 11.8 Å². The van der Waals surface area contributed by atoms with Gasteiger partial charge < -0.3 is 11.5 Å². The van der Waals surface area contributed by atoms with Crippen molar-refractivity contribution in [2.45, 2.75) is 46.0 Å². The molecule has 2 aliphatic rings. The zero-order valence-electron chi connectivity index (χ0n) is 11.4. The molecule has 4 N–H and O–H groups in total. The minimum absolute atomic E-state index is 0.266. The average molecular weight is 246 g/mol. The lowest BCUT2D eigenvalue weighted by atomic mass is 9.61. The molecule has 18 heavy (non-hydrogen) atoms. The highest BCUT2D eigenvalue weighted by Gasteiger charge is 2.60. The maximum atomic E-state index is 6.08. The summed E-state index contributed by atoms with van der Waals surface area (Å²) < 4.78 is 0. The Morgan fingerprint density at radius 1 is 1.28 bits per heavy atom. The van der Waals surface area contributed by atoms with Crippen molar-refractivity contribution in [3.63, 3.8) is 0 Å². The molecular weight excluding hydrogens is 224 g/mol. The van der Waals surface area contributed by atoms with Crippen LogP contribution in [0.25, 0.3) is 0 Å². The Morgan fingerprint density at radius 3 is 2.56 bits per heavy atom. The maximum Gasteiger partial charge on any atom is 0.221 e. The first kappa shape index (κ1) is 11.8. The lowest BCUT2D eigenvalue weighted by molar-refractivity contribution is 0.137. The lowest BCUT2D eigenvalue weighted by Crippen LogP contribution is -2.34. The van der Waals surface area contributed by atoms with Gasteiger partial charge in [0.1, 0.15) is 5.82 Å². The van der Waals surface area contributed by atoms with Gasteiger partial charge in [-0.3, -0.25) is 0 Å². The van der Waals surface area contributed by atoms with Crippen LogP contribution in [0.2, 0.25) is 0 Å². The van der Waals surface area contributed by atoms with Crippen molar-refractivity contribution in [2.24, 2.45) is 16.7 Å². The Kier molecular flexibility index (Phi) is 2.20. The molecule has 4 nitrogen and oxygen atoms in total. The number of nitrogens with zero attached hydrogens (tertiary/aromatic N) is 2. The van der Waals surface area contributed by atoms with Gasteiger partial charge in [-0.05, 0) is 41.9 Å². The van der Waals surface area contributed by atoms with Crippen molar-refractivity contribution >= 4 is 11.8 Å². The molecular formula is C14H22N4. The SMILES string of the molecule is CC12CCC(C1)C(C)(C)C2c1cnc(N)nc1N. The fourth-order valence-corrected chi connectivity index (χ4v) is 4.72. The van der Waals surface area contributed by atoms with E-state index in [-0.39, 0.29) is 11.4 Å². The first-order valence-corrected chi connectivity index (χ1v) is 6.72. The van der Waals surface area contributed by atoms with Crippen LogP contribution in [-0.2, 0) is 0 Å². The van der Waals surface area contributed by atoms with Crippen molar-refractivity contribution < 1.29 is 0 Å². The van der Waals surface area contributed by atoms with Crippen molar-refractivity contribution in [1.29, 1.82) is 0 Å². The van der Waals surface area contributed by atoms with Crippen LogP contribution in [0.5, 0.6) is 0 Å². The zero-order chi connectivity index (χ0) is 13.1. The van der Waals surface area contributed by atoms with Gasteiger partial charge in [-0.25, -0.2) is 4.98 Å². The van der Waals surface area contributed by atoms with Crippen LogP contribution in [0, 0.1) is 16.7 Å². The summed E-state index contributed by atoms with van der Waals surface area (Å²) in [6, 6.07) is 0. The van der Waals surface area contributed by atoms with E-state index in [0.29, 0.717) is 17.2 Å². The molecule has 1 aromatic rings. The molecule has 3 atom stereocenters. The Balaban J connectivity index is 2.10. The molecule has 2 aliphatic carbocycles. The minimum atomic E-state index is 0.266. The fraction of sp³-hybridized carbons (Fsp3) is 0.714. The predicted molar refractivity (Wildman–Crippen MR) is 72.8 cm³/mol. The van der Waals surface area contributed by atoms with E-state index in [1.54, 1.807) is 0 Å². The van der Waals surface area contributed by atoms with Gasteiger partial charge in [-0.15, -0.1) is 0 Å². The zero-order valence-corrected chi connectivity index (χ0v) is 11.4. The second kappa shape index (κ2) is 3.37. The van der Waals surface area contributed by atoms with E-state index >= 15 is 0 Å². The van der Waals surface area contributed by atoms with E-state index in [1.165, 1.54) is 19.3 Å². The van der Waals surface area contributed by atoms with Gasteiger partial charge in [-0.2, -0.15) is 4.98 Å². The number of fused-ring (bicyclic) bond motifs is 2. The smallest absolute Gasteiger partial charge is 0.221 e.